The van der Waals surface area contributed by atoms with Gasteiger partial charge in [-0.2, -0.15) is 26.3 Å². The highest BCUT2D eigenvalue weighted by atomic mass is 35.6. The Balaban J connectivity index is 2.13. The molecule has 206 valence electrons. The lowest BCUT2D eigenvalue weighted by molar-refractivity contribution is -0.140. The predicted octanol–water partition coefficient (Wildman–Crippen LogP) is 6.48. The summed E-state index contributed by atoms with van der Waals surface area (Å²) >= 11 is 17.8. The second-order valence-corrected chi connectivity index (χ2v) is 9.95. The lowest BCUT2D eigenvalue weighted by atomic mass is 10.1. The van der Waals surface area contributed by atoms with Crippen molar-refractivity contribution in [2.45, 2.75) is 22.3 Å². The summed E-state index contributed by atoms with van der Waals surface area (Å²) in [5, 5.41) is 2.34. The molecule has 1 aliphatic heterocycles. The Morgan fingerprint density at radius 2 is 1.63 bits per heavy atom. The molecule has 0 saturated carbocycles. The standard InChI is InChI=1S/C21H14Cl3F7N4O3/c1-34-16(36)15(35(18(34)37)10-5-3-4-9(8-10)20(26,27)28)33-17(19(22,23)24)32-12-7-6-11(21(29,30)31)13(25)14(12)38-2/h3-8,17,32H,1-2H3. The number of likely N-dealkylation sites (N-methyl/N-ethyl adjacent to an activating group) is 1. The van der Waals surface area contributed by atoms with Crippen molar-refractivity contribution in [1.82, 2.24) is 4.90 Å². The number of anilines is 2. The molecule has 7 nitrogen and oxygen atoms in total. The van der Waals surface area contributed by atoms with E-state index in [1.165, 1.54) is 0 Å². The van der Waals surface area contributed by atoms with Crippen LogP contribution in [0.5, 0.6) is 5.75 Å². The van der Waals surface area contributed by atoms with Crippen LogP contribution in [-0.4, -0.2) is 46.8 Å². The average Bonchev–Trinajstić information content (AvgIpc) is 3.00. The first-order valence-electron chi connectivity index (χ1n) is 10.0. The largest absolute Gasteiger partial charge is 0.492 e. The van der Waals surface area contributed by atoms with Crippen LogP contribution in [0.25, 0.3) is 0 Å². The molecule has 1 aliphatic rings. The normalized spacial score (nSPS) is 16.9. The first-order chi connectivity index (χ1) is 17.4. The zero-order valence-corrected chi connectivity index (χ0v) is 21.2. The lowest BCUT2D eigenvalue weighted by Gasteiger charge is -2.26. The molecule has 0 spiro atoms. The molecule has 2 aromatic rings. The Bertz CT molecular complexity index is 1300. The molecule has 1 fully saturated rings. The van der Waals surface area contributed by atoms with E-state index < -0.39 is 74.2 Å². The molecule has 3 amide bonds. The number of carbonyl (C=O) groups excluding carboxylic acids is 2. The molecule has 0 aliphatic carbocycles. The number of rotatable bonds is 5. The summed E-state index contributed by atoms with van der Waals surface area (Å²) in [6.45, 7) is 0. The summed E-state index contributed by atoms with van der Waals surface area (Å²) < 4.78 is 95.7. The zero-order valence-electron chi connectivity index (χ0n) is 18.9. The van der Waals surface area contributed by atoms with Crippen molar-refractivity contribution in [2.24, 2.45) is 4.99 Å². The highest BCUT2D eigenvalue weighted by Gasteiger charge is 2.45. The van der Waals surface area contributed by atoms with Gasteiger partial charge in [0.25, 0.3) is 5.91 Å². The number of hydrogen-bond acceptors (Lipinski definition) is 5. The minimum Gasteiger partial charge on any atom is -0.492 e. The molecule has 1 saturated heterocycles. The van der Waals surface area contributed by atoms with Crippen LogP contribution in [0.1, 0.15) is 11.1 Å². The van der Waals surface area contributed by atoms with Gasteiger partial charge in [-0.05, 0) is 30.3 Å². The molecule has 0 aromatic heterocycles. The molecular weight excluding hydrogens is 596 g/mol. The van der Waals surface area contributed by atoms with Crippen molar-refractivity contribution >= 4 is 64.0 Å². The minimum absolute atomic E-state index is 0.371. The molecular formula is C21H14Cl3F7N4O3. The topological polar surface area (TPSA) is 74.2 Å². The highest BCUT2D eigenvalue weighted by molar-refractivity contribution is 6.68. The zero-order chi connectivity index (χ0) is 28.8. The van der Waals surface area contributed by atoms with Crippen molar-refractivity contribution in [3.8, 4) is 5.75 Å². The predicted molar refractivity (Wildman–Crippen MR) is 125 cm³/mol. The molecule has 1 heterocycles. The van der Waals surface area contributed by atoms with E-state index in [0.29, 0.717) is 21.9 Å². The maximum Gasteiger partial charge on any atom is 0.419 e. The van der Waals surface area contributed by atoms with Crippen LogP contribution in [0.15, 0.2) is 41.4 Å². The number of nitrogens with one attached hydrogen (secondary N) is 1. The second-order valence-electron chi connectivity index (χ2n) is 7.58. The fraction of sp³-hybridized carbons (Fsp3) is 0.286. The number of amides is 3. The summed E-state index contributed by atoms with van der Waals surface area (Å²) in [5.74, 6) is -4.66. The smallest absolute Gasteiger partial charge is 0.419 e. The van der Waals surface area contributed by atoms with E-state index >= 15 is 0 Å². The number of urea groups is 1. The molecule has 38 heavy (non-hydrogen) atoms. The maximum atomic E-state index is 14.5. The van der Waals surface area contributed by atoms with E-state index in [1.54, 1.807) is 0 Å². The molecule has 17 heteroatoms. The van der Waals surface area contributed by atoms with Gasteiger partial charge in [0.05, 0.1) is 29.6 Å². The maximum absolute atomic E-state index is 14.5. The van der Waals surface area contributed by atoms with Gasteiger partial charge in [0.15, 0.2) is 17.7 Å². The van der Waals surface area contributed by atoms with Crippen LogP contribution in [-0.2, 0) is 17.1 Å². The SMILES string of the molecule is COc1c(NC(N=C2C(=O)N(C)C(=O)N2c2cccc(C(F)(F)F)c2)C(Cl)(Cl)Cl)ccc(C(F)(F)F)c1F. The Labute approximate surface area is 224 Å². The van der Waals surface area contributed by atoms with E-state index in [0.717, 1.165) is 38.4 Å². The van der Waals surface area contributed by atoms with E-state index in [2.05, 4.69) is 10.3 Å². The number of aliphatic imine (C=N–C) groups is 1. The molecule has 3 rings (SSSR count). The number of methoxy groups -OCH3 is 1. The van der Waals surface area contributed by atoms with Crippen LogP contribution in [0.2, 0.25) is 0 Å². The third kappa shape index (κ3) is 5.86. The number of imide groups is 1. The number of hydrogen-bond donors (Lipinski definition) is 1. The Kier molecular flexibility index (Phi) is 8.02. The first-order valence-corrected chi connectivity index (χ1v) is 11.2. The quantitative estimate of drug-likeness (QED) is 0.239. The minimum atomic E-state index is -5.07. The van der Waals surface area contributed by atoms with E-state index in [4.69, 9.17) is 39.5 Å². The molecule has 1 atom stereocenters. The number of alkyl halides is 9. The number of nitrogens with zero attached hydrogens (tertiary/aromatic N) is 3. The molecule has 1 unspecified atom stereocenters. The first kappa shape index (κ1) is 29.6. The van der Waals surface area contributed by atoms with Gasteiger partial charge in [-0.15, -0.1) is 0 Å². The Morgan fingerprint density at radius 3 is 2.16 bits per heavy atom. The van der Waals surface area contributed by atoms with Crippen molar-refractivity contribution in [3.63, 3.8) is 0 Å². The van der Waals surface area contributed by atoms with E-state index in [9.17, 15) is 40.3 Å². The van der Waals surface area contributed by atoms with E-state index in [-0.39, 0.29) is 0 Å². The summed E-state index contributed by atoms with van der Waals surface area (Å²) in [5.41, 5.74) is -3.72. The molecule has 2 aromatic carbocycles. The van der Waals surface area contributed by atoms with Crippen molar-refractivity contribution in [3.05, 3.63) is 53.3 Å². The number of benzene rings is 2. The van der Waals surface area contributed by atoms with Crippen molar-refractivity contribution in [1.29, 1.82) is 0 Å². The molecule has 0 bridgehead atoms. The van der Waals surface area contributed by atoms with E-state index in [1.807, 2.05) is 0 Å². The Hall–Kier alpha value is -2.97. The number of amidine groups is 1. The number of carbonyl (C=O) groups is 2. The van der Waals surface area contributed by atoms with Crippen LogP contribution in [0.4, 0.5) is 46.9 Å². The van der Waals surface area contributed by atoms with Gasteiger partial charge in [-0.3, -0.25) is 9.69 Å². The van der Waals surface area contributed by atoms with Gasteiger partial charge < -0.3 is 10.1 Å². The lowest BCUT2D eigenvalue weighted by Crippen LogP contribution is -2.38. The summed E-state index contributed by atoms with van der Waals surface area (Å²) in [6, 6.07) is 3.37. The van der Waals surface area contributed by atoms with Crippen LogP contribution >= 0.6 is 34.8 Å². The van der Waals surface area contributed by atoms with Gasteiger partial charge in [0.2, 0.25) is 9.63 Å². The summed E-state index contributed by atoms with van der Waals surface area (Å²) in [7, 11) is 1.88. The summed E-state index contributed by atoms with van der Waals surface area (Å²) in [4.78, 5) is 30.4. The fourth-order valence-corrected chi connectivity index (χ4v) is 3.60. The van der Waals surface area contributed by atoms with Gasteiger partial charge in [0.1, 0.15) is 0 Å². The summed E-state index contributed by atoms with van der Waals surface area (Å²) in [6.07, 6.45) is -11.8. The van der Waals surface area contributed by atoms with Crippen LogP contribution in [0, 0.1) is 5.82 Å². The van der Waals surface area contributed by atoms with Gasteiger partial charge in [0, 0.05) is 7.05 Å². The average molecular weight is 610 g/mol. The van der Waals surface area contributed by atoms with Crippen LogP contribution in [0.3, 0.4) is 0 Å². The highest BCUT2D eigenvalue weighted by Crippen LogP contribution is 2.41. The van der Waals surface area contributed by atoms with Gasteiger partial charge in [-0.25, -0.2) is 19.1 Å². The molecule has 0 radical (unpaired) electrons. The number of halogens is 10. The fourth-order valence-electron chi connectivity index (χ4n) is 3.29. The van der Waals surface area contributed by atoms with Crippen LogP contribution < -0.4 is 15.0 Å². The molecule has 1 N–H and O–H groups in total. The third-order valence-electron chi connectivity index (χ3n) is 5.08. The van der Waals surface area contributed by atoms with Crippen molar-refractivity contribution in [2.75, 3.05) is 24.4 Å². The third-order valence-corrected chi connectivity index (χ3v) is 5.70. The Morgan fingerprint density at radius 1 is 1.00 bits per heavy atom. The number of ether oxygens (including phenoxy) is 1. The second kappa shape index (κ2) is 10.3. The monoisotopic (exact) mass is 608 g/mol. The van der Waals surface area contributed by atoms with Crippen molar-refractivity contribution < 1.29 is 45.1 Å². The van der Waals surface area contributed by atoms with Gasteiger partial charge in [-0.1, -0.05) is 40.9 Å². The van der Waals surface area contributed by atoms with Gasteiger partial charge >= 0.3 is 18.4 Å².